The minimum Gasteiger partial charge on any atom is -0.207 e. The van der Waals surface area contributed by atoms with Crippen LogP contribution in [0.1, 0.15) is 43.5 Å². The molecule has 0 aliphatic heterocycles. The molecule has 1 aliphatic carbocycles. The molecule has 17 heavy (non-hydrogen) atoms. The van der Waals surface area contributed by atoms with E-state index in [1.165, 1.54) is 0 Å². The molecule has 1 unspecified atom stereocenters. The predicted molar refractivity (Wildman–Crippen MR) is 61.5 cm³/mol. The SMILES string of the molecule is CC1(C(Cl)c2c(F)cc(F)cc2F)CCCC1. The number of halogens is 4. The van der Waals surface area contributed by atoms with E-state index in [2.05, 4.69) is 0 Å². The van der Waals surface area contributed by atoms with Crippen molar-refractivity contribution in [3.63, 3.8) is 0 Å². The minimum atomic E-state index is -0.913. The van der Waals surface area contributed by atoms with Crippen LogP contribution in [0.15, 0.2) is 12.1 Å². The summed E-state index contributed by atoms with van der Waals surface area (Å²) in [5, 5.41) is -0.745. The highest BCUT2D eigenvalue weighted by Crippen LogP contribution is 2.51. The van der Waals surface area contributed by atoms with Gasteiger partial charge in [-0.3, -0.25) is 0 Å². The monoisotopic (exact) mass is 262 g/mol. The maximum atomic E-state index is 13.6. The second kappa shape index (κ2) is 4.52. The molecule has 1 aromatic carbocycles. The molecule has 0 nitrogen and oxygen atoms in total. The van der Waals surface area contributed by atoms with E-state index in [1.54, 1.807) is 0 Å². The third kappa shape index (κ3) is 2.30. The van der Waals surface area contributed by atoms with Crippen molar-refractivity contribution in [1.29, 1.82) is 0 Å². The van der Waals surface area contributed by atoms with Crippen molar-refractivity contribution in [2.45, 2.75) is 38.0 Å². The van der Waals surface area contributed by atoms with E-state index in [0.29, 0.717) is 12.1 Å². The number of rotatable bonds is 2. The summed E-state index contributed by atoms with van der Waals surface area (Å²) in [6.07, 6.45) is 3.73. The summed E-state index contributed by atoms with van der Waals surface area (Å²) >= 11 is 6.21. The van der Waals surface area contributed by atoms with Crippen LogP contribution in [-0.2, 0) is 0 Å². The Morgan fingerprint density at radius 1 is 1.12 bits per heavy atom. The van der Waals surface area contributed by atoms with Crippen LogP contribution in [0.25, 0.3) is 0 Å². The highest BCUT2D eigenvalue weighted by molar-refractivity contribution is 6.21. The molecular formula is C13H14ClF3. The van der Waals surface area contributed by atoms with Crippen LogP contribution in [-0.4, -0.2) is 0 Å². The number of alkyl halides is 1. The van der Waals surface area contributed by atoms with Crippen LogP contribution in [0.5, 0.6) is 0 Å². The van der Waals surface area contributed by atoms with Crippen LogP contribution in [0.4, 0.5) is 13.2 Å². The van der Waals surface area contributed by atoms with Gasteiger partial charge >= 0.3 is 0 Å². The molecular weight excluding hydrogens is 249 g/mol. The Bertz CT molecular complexity index is 402. The van der Waals surface area contributed by atoms with Crippen LogP contribution in [0, 0.1) is 22.9 Å². The van der Waals surface area contributed by atoms with E-state index >= 15 is 0 Å². The molecule has 1 atom stereocenters. The smallest absolute Gasteiger partial charge is 0.133 e. The molecule has 0 heterocycles. The highest BCUT2D eigenvalue weighted by atomic mass is 35.5. The zero-order valence-corrected chi connectivity index (χ0v) is 10.3. The predicted octanol–water partition coefficient (Wildman–Crippen LogP) is 4.96. The molecule has 0 bridgehead atoms. The van der Waals surface area contributed by atoms with Crippen molar-refractivity contribution in [3.8, 4) is 0 Å². The van der Waals surface area contributed by atoms with Gasteiger partial charge in [0.1, 0.15) is 17.5 Å². The average molecular weight is 263 g/mol. The number of benzene rings is 1. The molecule has 0 spiro atoms. The lowest BCUT2D eigenvalue weighted by molar-refractivity contribution is 0.309. The van der Waals surface area contributed by atoms with Gasteiger partial charge in [-0.2, -0.15) is 0 Å². The molecule has 94 valence electrons. The maximum absolute atomic E-state index is 13.6. The minimum absolute atomic E-state index is 0.197. The Kier molecular flexibility index (Phi) is 3.39. The Labute approximate surface area is 104 Å². The first-order valence-electron chi connectivity index (χ1n) is 5.72. The van der Waals surface area contributed by atoms with Gasteiger partial charge in [-0.15, -0.1) is 11.6 Å². The van der Waals surface area contributed by atoms with Crippen molar-refractivity contribution in [2.75, 3.05) is 0 Å². The van der Waals surface area contributed by atoms with Gasteiger partial charge < -0.3 is 0 Å². The quantitative estimate of drug-likeness (QED) is 0.661. The topological polar surface area (TPSA) is 0 Å². The summed E-state index contributed by atoms with van der Waals surface area (Å²) in [5.74, 6) is -2.70. The summed E-state index contributed by atoms with van der Waals surface area (Å²) in [5.41, 5.74) is -0.501. The molecule has 1 saturated carbocycles. The summed E-state index contributed by atoms with van der Waals surface area (Å²) in [6, 6.07) is 1.37. The molecule has 0 saturated heterocycles. The summed E-state index contributed by atoms with van der Waals surface area (Å²) in [7, 11) is 0. The standard InChI is InChI=1S/C13H14ClF3/c1-13(4-2-3-5-13)12(14)11-9(16)6-8(15)7-10(11)17/h6-7,12H,2-5H2,1H3. The fourth-order valence-corrected chi connectivity index (χ4v) is 3.01. The van der Waals surface area contributed by atoms with E-state index < -0.39 is 22.8 Å². The summed E-state index contributed by atoms with van der Waals surface area (Å²) in [6.45, 7) is 1.93. The fourth-order valence-electron chi connectivity index (χ4n) is 2.58. The third-order valence-electron chi connectivity index (χ3n) is 3.65. The second-order valence-corrected chi connectivity index (χ2v) is 5.44. The van der Waals surface area contributed by atoms with E-state index in [-0.39, 0.29) is 11.0 Å². The van der Waals surface area contributed by atoms with Crippen molar-refractivity contribution in [2.24, 2.45) is 5.41 Å². The Morgan fingerprint density at radius 2 is 1.59 bits per heavy atom. The highest BCUT2D eigenvalue weighted by Gasteiger charge is 2.39. The van der Waals surface area contributed by atoms with Crippen LogP contribution >= 0.6 is 11.6 Å². The molecule has 1 aromatic rings. The number of hydrogen-bond acceptors (Lipinski definition) is 0. The third-order valence-corrected chi connectivity index (χ3v) is 4.40. The first-order chi connectivity index (χ1) is 7.94. The zero-order valence-electron chi connectivity index (χ0n) is 9.57. The second-order valence-electron chi connectivity index (χ2n) is 5.01. The van der Waals surface area contributed by atoms with Crippen LogP contribution in [0.2, 0.25) is 0 Å². The Hall–Kier alpha value is -0.700. The van der Waals surface area contributed by atoms with Gasteiger partial charge in [-0.05, 0) is 18.3 Å². The molecule has 0 radical (unpaired) electrons. The fraction of sp³-hybridized carbons (Fsp3) is 0.538. The molecule has 0 amide bonds. The van der Waals surface area contributed by atoms with E-state index in [0.717, 1.165) is 25.7 Å². The van der Waals surface area contributed by atoms with Gasteiger partial charge in [-0.1, -0.05) is 19.8 Å². The van der Waals surface area contributed by atoms with Gasteiger partial charge in [0.05, 0.1) is 5.38 Å². The summed E-state index contributed by atoms with van der Waals surface area (Å²) < 4.78 is 40.1. The summed E-state index contributed by atoms with van der Waals surface area (Å²) in [4.78, 5) is 0. The Balaban J connectivity index is 2.40. The maximum Gasteiger partial charge on any atom is 0.133 e. The molecule has 1 fully saturated rings. The molecule has 2 rings (SSSR count). The average Bonchev–Trinajstić information content (AvgIpc) is 2.64. The van der Waals surface area contributed by atoms with Crippen LogP contribution < -0.4 is 0 Å². The largest absolute Gasteiger partial charge is 0.207 e. The van der Waals surface area contributed by atoms with E-state index in [1.807, 2.05) is 6.92 Å². The first-order valence-corrected chi connectivity index (χ1v) is 6.16. The normalized spacial score (nSPS) is 20.5. The van der Waals surface area contributed by atoms with Crippen LogP contribution in [0.3, 0.4) is 0 Å². The molecule has 1 aliphatic rings. The van der Waals surface area contributed by atoms with Crippen molar-refractivity contribution in [1.82, 2.24) is 0 Å². The van der Waals surface area contributed by atoms with Gasteiger partial charge in [0.15, 0.2) is 0 Å². The lowest BCUT2D eigenvalue weighted by Gasteiger charge is -2.30. The van der Waals surface area contributed by atoms with Crippen molar-refractivity contribution >= 4 is 11.6 Å². The van der Waals surface area contributed by atoms with E-state index in [4.69, 9.17) is 11.6 Å². The Morgan fingerprint density at radius 3 is 2.06 bits per heavy atom. The van der Waals surface area contributed by atoms with E-state index in [9.17, 15) is 13.2 Å². The lowest BCUT2D eigenvalue weighted by atomic mass is 9.81. The molecule has 4 heteroatoms. The first kappa shape index (κ1) is 12.7. The molecule has 0 aromatic heterocycles. The lowest BCUT2D eigenvalue weighted by Crippen LogP contribution is -2.20. The van der Waals surface area contributed by atoms with Gasteiger partial charge in [0, 0.05) is 17.7 Å². The van der Waals surface area contributed by atoms with Gasteiger partial charge in [-0.25, -0.2) is 13.2 Å². The number of hydrogen-bond donors (Lipinski definition) is 0. The zero-order chi connectivity index (χ0) is 12.6. The van der Waals surface area contributed by atoms with Gasteiger partial charge in [0.2, 0.25) is 0 Å². The van der Waals surface area contributed by atoms with Crippen molar-refractivity contribution < 1.29 is 13.2 Å². The molecule has 0 N–H and O–H groups in total. The van der Waals surface area contributed by atoms with Crippen molar-refractivity contribution in [3.05, 3.63) is 35.1 Å². The van der Waals surface area contributed by atoms with Gasteiger partial charge in [0.25, 0.3) is 0 Å².